The molecular weight excluding hydrogens is 582 g/mol. The molecule has 0 aliphatic rings. The van der Waals surface area contributed by atoms with E-state index in [0.29, 0.717) is 24.6 Å². The quantitative estimate of drug-likeness (QED) is 0.308. The topological polar surface area (TPSA) is 96.0 Å². The Kier molecular flexibility index (Phi) is 10.9. The van der Waals surface area contributed by atoms with Crippen LogP contribution in [0.3, 0.4) is 0 Å². The molecule has 1 N–H and O–H groups in total. The SMILES string of the molecule is CCNC(=O)[C@H](Cc1ccccc1)N(Cc1cccc(Br)c1)C(=O)CN(c1ccc(OCC)cc1)S(C)(=O)=O. The number of rotatable bonds is 13. The number of anilines is 1. The van der Waals surface area contributed by atoms with E-state index in [1.807, 2.05) is 68.4 Å². The van der Waals surface area contributed by atoms with Crippen molar-refractivity contribution in [3.05, 3.63) is 94.5 Å². The monoisotopic (exact) mass is 615 g/mol. The van der Waals surface area contributed by atoms with Gasteiger partial charge in [0.2, 0.25) is 21.8 Å². The molecule has 8 nitrogen and oxygen atoms in total. The largest absolute Gasteiger partial charge is 0.494 e. The number of ether oxygens (including phenoxy) is 1. The maximum absolute atomic E-state index is 14.0. The predicted octanol–water partition coefficient (Wildman–Crippen LogP) is 4.39. The molecule has 3 aromatic carbocycles. The number of amides is 2. The van der Waals surface area contributed by atoms with E-state index in [9.17, 15) is 18.0 Å². The number of halogens is 1. The molecule has 3 rings (SSSR count). The first-order valence-corrected chi connectivity index (χ1v) is 15.3. The third kappa shape index (κ3) is 8.83. The maximum atomic E-state index is 14.0. The normalized spacial score (nSPS) is 11.9. The summed E-state index contributed by atoms with van der Waals surface area (Å²) in [6.45, 7) is 4.19. The molecule has 0 aliphatic heterocycles. The molecule has 0 heterocycles. The van der Waals surface area contributed by atoms with E-state index in [-0.39, 0.29) is 18.9 Å². The number of likely N-dealkylation sites (N-methyl/N-ethyl adjacent to an activating group) is 1. The van der Waals surface area contributed by atoms with Crippen molar-refractivity contribution in [1.82, 2.24) is 10.2 Å². The Labute approximate surface area is 239 Å². The lowest BCUT2D eigenvalue weighted by Crippen LogP contribution is -2.53. The molecule has 0 bridgehead atoms. The van der Waals surface area contributed by atoms with Gasteiger partial charge in [-0.3, -0.25) is 13.9 Å². The van der Waals surface area contributed by atoms with Gasteiger partial charge in [-0.05, 0) is 61.4 Å². The third-order valence-electron chi connectivity index (χ3n) is 5.98. The second-order valence-electron chi connectivity index (χ2n) is 8.95. The lowest BCUT2D eigenvalue weighted by Gasteiger charge is -2.33. The van der Waals surface area contributed by atoms with Crippen molar-refractivity contribution in [2.75, 3.05) is 30.3 Å². The summed E-state index contributed by atoms with van der Waals surface area (Å²) < 4.78 is 33.0. The van der Waals surface area contributed by atoms with Crippen LogP contribution in [0.4, 0.5) is 5.69 Å². The number of carbonyl (C=O) groups excluding carboxylic acids is 2. The second-order valence-corrected chi connectivity index (χ2v) is 11.8. The molecule has 0 aliphatic carbocycles. The van der Waals surface area contributed by atoms with Gasteiger partial charge in [0, 0.05) is 24.0 Å². The van der Waals surface area contributed by atoms with Crippen molar-refractivity contribution in [1.29, 1.82) is 0 Å². The average molecular weight is 617 g/mol. The van der Waals surface area contributed by atoms with Gasteiger partial charge >= 0.3 is 0 Å². The Balaban J connectivity index is 2.01. The molecular formula is C29H34BrN3O5S. The third-order valence-corrected chi connectivity index (χ3v) is 7.61. The highest BCUT2D eigenvalue weighted by atomic mass is 79.9. The first-order chi connectivity index (χ1) is 18.6. The van der Waals surface area contributed by atoms with Crippen molar-refractivity contribution >= 4 is 43.5 Å². The molecule has 1 atom stereocenters. The molecule has 39 heavy (non-hydrogen) atoms. The van der Waals surface area contributed by atoms with Crippen molar-refractivity contribution < 1.29 is 22.7 Å². The fraction of sp³-hybridized carbons (Fsp3) is 0.310. The van der Waals surface area contributed by atoms with Crippen molar-refractivity contribution in [2.45, 2.75) is 32.9 Å². The van der Waals surface area contributed by atoms with Gasteiger partial charge < -0.3 is 15.0 Å². The van der Waals surface area contributed by atoms with Gasteiger partial charge in [-0.15, -0.1) is 0 Å². The van der Waals surface area contributed by atoms with Gasteiger partial charge in [0.25, 0.3) is 0 Å². The highest BCUT2D eigenvalue weighted by Crippen LogP contribution is 2.23. The Morgan fingerprint density at radius 2 is 1.62 bits per heavy atom. The van der Waals surface area contributed by atoms with Crippen LogP contribution in [0, 0.1) is 0 Å². The van der Waals surface area contributed by atoms with E-state index >= 15 is 0 Å². The van der Waals surface area contributed by atoms with Crippen LogP contribution in [0.25, 0.3) is 0 Å². The molecule has 3 aromatic rings. The summed E-state index contributed by atoms with van der Waals surface area (Å²) in [5.74, 6) is -0.213. The number of nitrogens with one attached hydrogen (secondary N) is 1. The van der Waals surface area contributed by atoms with E-state index in [0.717, 1.165) is 26.2 Å². The van der Waals surface area contributed by atoms with Gasteiger partial charge in [-0.1, -0.05) is 58.4 Å². The smallest absolute Gasteiger partial charge is 0.244 e. The van der Waals surface area contributed by atoms with Gasteiger partial charge in [-0.2, -0.15) is 0 Å². The van der Waals surface area contributed by atoms with Crippen LogP contribution in [0.1, 0.15) is 25.0 Å². The lowest BCUT2D eigenvalue weighted by molar-refractivity contribution is -0.140. The van der Waals surface area contributed by atoms with Crippen LogP contribution in [0.2, 0.25) is 0 Å². The highest BCUT2D eigenvalue weighted by molar-refractivity contribution is 9.10. The summed E-state index contributed by atoms with van der Waals surface area (Å²) in [7, 11) is -3.83. The maximum Gasteiger partial charge on any atom is 0.244 e. The minimum absolute atomic E-state index is 0.119. The van der Waals surface area contributed by atoms with E-state index < -0.39 is 28.5 Å². The molecule has 2 amide bonds. The molecule has 0 fully saturated rings. The summed E-state index contributed by atoms with van der Waals surface area (Å²) in [6, 6.07) is 22.6. The lowest BCUT2D eigenvalue weighted by atomic mass is 10.0. The van der Waals surface area contributed by atoms with Gasteiger partial charge in [-0.25, -0.2) is 8.42 Å². The number of carbonyl (C=O) groups is 2. The highest BCUT2D eigenvalue weighted by Gasteiger charge is 2.32. The Morgan fingerprint density at radius 1 is 0.949 bits per heavy atom. The summed E-state index contributed by atoms with van der Waals surface area (Å²) in [6.07, 6.45) is 1.33. The zero-order chi connectivity index (χ0) is 28.4. The van der Waals surface area contributed by atoms with Gasteiger partial charge in [0.15, 0.2) is 0 Å². The fourth-order valence-electron chi connectivity index (χ4n) is 4.17. The van der Waals surface area contributed by atoms with Crippen LogP contribution in [-0.2, 0) is 32.6 Å². The molecule has 0 saturated carbocycles. The van der Waals surface area contributed by atoms with Crippen LogP contribution >= 0.6 is 15.9 Å². The minimum Gasteiger partial charge on any atom is -0.494 e. The van der Waals surface area contributed by atoms with Crippen LogP contribution in [-0.4, -0.2) is 57.1 Å². The molecule has 10 heteroatoms. The number of benzene rings is 3. The summed E-state index contributed by atoms with van der Waals surface area (Å²) in [4.78, 5) is 28.8. The van der Waals surface area contributed by atoms with Crippen LogP contribution in [0.15, 0.2) is 83.3 Å². The van der Waals surface area contributed by atoms with E-state index in [1.165, 1.54) is 4.90 Å². The summed E-state index contributed by atoms with van der Waals surface area (Å²) in [5, 5.41) is 2.84. The summed E-state index contributed by atoms with van der Waals surface area (Å²) >= 11 is 3.47. The van der Waals surface area contributed by atoms with E-state index in [2.05, 4.69) is 21.2 Å². The van der Waals surface area contributed by atoms with E-state index in [4.69, 9.17) is 4.74 Å². The van der Waals surface area contributed by atoms with Gasteiger partial charge in [0.05, 0.1) is 18.6 Å². The second kappa shape index (κ2) is 14.1. The van der Waals surface area contributed by atoms with E-state index in [1.54, 1.807) is 24.3 Å². The van der Waals surface area contributed by atoms with Crippen LogP contribution < -0.4 is 14.4 Å². The number of sulfonamides is 1. The first-order valence-electron chi connectivity index (χ1n) is 12.7. The Bertz CT molecular complexity index is 1350. The molecule has 208 valence electrons. The molecule has 0 saturated heterocycles. The number of hydrogen-bond acceptors (Lipinski definition) is 5. The zero-order valence-corrected chi connectivity index (χ0v) is 24.7. The first kappa shape index (κ1) is 30.2. The minimum atomic E-state index is -3.83. The zero-order valence-electron chi connectivity index (χ0n) is 22.3. The Morgan fingerprint density at radius 3 is 2.21 bits per heavy atom. The van der Waals surface area contributed by atoms with Crippen molar-refractivity contribution in [3.8, 4) is 5.75 Å². The molecule has 0 unspecified atom stereocenters. The standard InChI is InChI=1S/C29H34BrN3O5S/c1-4-31-29(35)27(19-22-10-7-6-8-11-22)32(20-23-12-9-13-24(30)18-23)28(34)21-33(39(3,36)37)25-14-16-26(17-15-25)38-5-2/h6-18,27H,4-5,19-21H2,1-3H3,(H,31,35)/t27-/m0/s1. The van der Waals surface area contributed by atoms with Crippen molar-refractivity contribution in [3.63, 3.8) is 0 Å². The predicted molar refractivity (Wildman–Crippen MR) is 157 cm³/mol. The Hall–Kier alpha value is -3.37. The average Bonchev–Trinajstić information content (AvgIpc) is 2.90. The number of nitrogens with zero attached hydrogens (tertiary/aromatic N) is 2. The molecule has 0 spiro atoms. The molecule has 0 aromatic heterocycles. The number of hydrogen-bond donors (Lipinski definition) is 1. The van der Waals surface area contributed by atoms with Gasteiger partial charge in [0.1, 0.15) is 18.3 Å². The fourth-order valence-corrected chi connectivity index (χ4v) is 5.46. The molecule has 0 radical (unpaired) electrons. The van der Waals surface area contributed by atoms with Crippen molar-refractivity contribution in [2.24, 2.45) is 0 Å². The summed E-state index contributed by atoms with van der Waals surface area (Å²) in [5.41, 5.74) is 2.01. The van der Waals surface area contributed by atoms with Crippen LogP contribution in [0.5, 0.6) is 5.75 Å².